The van der Waals surface area contributed by atoms with Gasteiger partial charge in [-0.1, -0.05) is 260 Å². The Morgan fingerprint density at radius 1 is 0.296 bits per heavy atom. The summed E-state index contributed by atoms with van der Waals surface area (Å²) in [5, 5.41) is 0. The first kappa shape index (κ1) is 67.6. The summed E-state index contributed by atoms with van der Waals surface area (Å²) < 4.78 is 16.8. The Hall–Kier alpha value is -3.41. The second kappa shape index (κ2) is 59.2. The molecule has 0 saturated heterocycles. The molecule has 0 rings (SSSR count). The fourth-order valence-electron chi connectivity index (χ4n) is 8.38. The van der Waals surface area contributed by atoms with Crippen molar-refractivity contribution >= 4 is 17.9 Å². The zero-order chi connectivity index (χ0) is 51.4. The summed E-state index contributed by atoms with van der Waals surface area (Å²) >= 11 is 0. The maximum atomic E-state index is 12.8. The van der Waals surface area contributed by atoms with Gasteiger partial charge in [0.15, 0.2) is 6.10 Å². The van der Waals surface area contributed by atoms with Crippen molar-refractivity contribution < 1.29 is 28.6 Å². The van der Waals surface area contributed by atoms with Crippen molar-refractivity contribution in [1.82, 2.24) is 0 Å². The minimum atomic E-state index is -0.782. The lowest BCUT2D eigenvalue weighted by atomic mass is 10.0. The molecular weight excluding hydrogens is 877 g/mol. The van der Waals surface area contributed by atoms with Gasteiger partial charge in [0.1, 0.15) is 13.2 Å². The van der Waals surface area contributed by atoms with Crippen LogP contribution in [0.4, 0.5) is 0 Å². The van der Waals surface area contributed by atoms with Crippen molar-refractivity contribution in [3.05, 3.63) is 85.1 Å². The van der Waals surface area contributed by atoms with E-state index in [2.05, 4.69) is 106 Å². The molecule has 0 aromatic heterocycles. The highest BCUT2D eigenvalue weighted by atomic mass is 16.6. The molecule has 0 aromatic rings. The third-order valence-corrected chi connectivity index (χ3v) is 12.9. The molecule has 0 N–H and O–H groups in total. The largest absolute Gasteiger partial charge is 0.462 e. The van der Waals surface area contributed by atoms with E-state index in [-0.39, 0.29) is 31.1 Å². The predicted molar refractivity (Wildman–Crippen MR) is 307 cm³/mol. The number of ether oxygens (including phenoxy) is 3. The molecule has 0 amide bonds. The number of carbonyl (C=O) groups is 3. The summed E-state index contributed by atoms with van der Waals surface area (Å²) in [6, 6.07) is 0. The highest BCUT2D eigenvalue weighted by Crippen LogP contribution is 2.16. The van der Waals surface area contributed by atoms with E-state index >= 15 is 0 Å². The van der Waals surface area contributed by atoms with Gasteiger partial charge in [-0.3, -0.25) is 14.4 Å². The molecule has 71 heavy (non-hydrogen) atoms. The van der Waals surface area contributed by atoms with Crippen LogP contribution in [0.3, 0.4) is 0 Å². The molecular formula is C65H112O6. The summed E-state index contributed by atoms with van der Waals surface area (Å²) in [6.07, 6.45) is 77.4. The van der Waals surface area contributed by atoms with Gasteiger partial charge in [-0.05, 0) is 96.3 Å². The first-order chi connectivity index (χ1) is 35.0. The van der Waals surface area contributed by atoms with Gasteiger partial charge >= 0.3 is 17.9 Å². The van der Waals surface area contributed by atoms with E-state index in [1.807, 2.05) is 0 Å². The Kier molecular flexibility index (Phi) is 56.3. The molecule has 1 unspecified atom stereocenters. The van der Waals surface area contributed by atoms with Crippen LogP contribution in [-0.2, 0) is 28.6 Å². The fraction of sp³-hybridized carbons (Fsp3) is 0.738. The summed E-state index contributed by atoms with van der Waals surface area (Å²) in [6.45, 7) is 6.48. The normalized spacial score (nSPS) is 12.7. The summed E-state index contributed by atoms with van der Waals surface area (Å²) in [4.78, 5) is 38.0. The van der Waals surface area contributed by atoms with Crippen molar-refractivity contribution in [2.45, 2.75) is 297 Å². The molecule has 0 radical (unpaired) electrons. The molecule has 6 heteroatoms. The second-order valence-electron chi connectivity index (χ2n) is 19.9. The standard InChI is InChI=1S/C65H112O6/c1-4-7-10-13-16-18-20-22-24-26-28-30-31-32-33-35-36-38-40-42-44-46-49-52-55-58-64(67)70-61-62(60-69-63(66)57-54-51-48-15-12-9-6-3)71-65(68)59-56-53-50-47-45-43-41-39-37-34-29-27-25-23-21-19-17-14-11-8-5-2/h7,10,16,18,21-24,27-30,37,39,62H,4-6,8-9,11-15,17,19-20,25-26,31-36,38,40-61H2,1-3H3/b10-7-,18-16-,23-21-,24-22-,29-27-,30-28-,39-37-. The molecule has 0 aliphatic heterocycles. The van der Waals surface area contributed by atoms with E-state index in [4.69, 9.17) is 14.2 Å². The fourth-order valence-corrected chi connectivity index (χ4v) is 8.38. The molecule has 6 nitrogen and oxygen atoms in total. The van der Waals surface area contributed by atoms with Crippen LogP contribution >= 0.6 is 0 Å². The average molecular weight is 990 g/mol. The van der Waals surface area contributed by atoms with Gasteiger partial charge in [-0.25, -0.2) is 0 Å². The van der Waals surface area contributed by atoms with Crippen molar-refractivity contribution in [2.24, 2.45) is 0 Å². The molecule has 0 heterocycles. The summed E-state index contributed by atoms with van der Waals surface area (Å²) in [5.41, 5.74) is 0. The summed E-state index contributed by atoms with van der Waals surface area (Å²) in [5.74, 6) is -0.895. The Labute approximate surface area is 439 Å². The van der Waals surface area contributed by atoms with E-state index < -0.39 is 6.10 Å². The van der Waals surface area contributed by atoms with Crippen molar-refractivity contribution in [3.8, 4) is 0 Å². The SMILES string of the molecule is CC/C=C\C/C=C\C/C=C\C/C=C\CCCCCCCCCCCCCCC(=O)OCC(COC(=O)CCCCCCCCC)OC(=O)CCCCCCCC/C=C\C/C=C\C/C=C\CCCCCCC. The number of hydrogen-bond donors (Lipinski definition) is 0. The number of allylic oxidation sites excluding steroid dienone is 14. The molecule has 1 atom stereocenters. The van der Waals surface area contributed by atoms with Crippen molar-refractivity contribution in [2.75, 3.05) is 13.2 Å². The van der Waals surface area contributed by atoms with E-state index in [0.717, 1.165) is 109 Å². The molecule has 0 aromatic carbocycles. The minimum absolute atomic E-state index is 0.0809. The maximum absolute atomic E-state index is 12.8. The molecule has 408 valence electrons. The number of unbranched alkanes of at least 4 members (excludes halogenated alkanes) is 29. The number of carbonyl (C=O) groups excluding carboxylic acids is 3. The van der Waals surface area contributed by atoms with Crippen LogP contribution in [0.15, 0.2) is 85.1 Å². The van der Waals surface area contributed by atoms with Crippen LogP contribution in [0, 0.1) is 0 Å². The Bertz CT molecular complexity index is 1370. The molecule has 0 aliphatic rings. The van der Waals surface area contributed by atoms with E-state index in [0.29, 0.717) is 19.3 Å². The smallest absolute Gasteiger partial charge is 0.306 e. The quantitative estimate of drug-likeness (QED) is 0.0261. The number of esters is 3. The predicted octanol–water partition coefficient (Wildman–Crippen LogP) is 20.3. The van der Waals surface area contributed by atoms with Crippen LogP contribution in [0.1, 0.15) is 290 Å². The van der Waals surface area contributed by atoms with Crippen LogP contribution in [-0.4, -0.2) is 37.2 Å². The highest BCUT2D eigenvalue weighted by Gasteiger charge is 2.19. The molecule has 0 bridgehead atoms. The lowest BCUT2D eigenvalue weighted by Crippen LogP contribution is -2.30. The van der Waals surface area contributed by atoms with Gasteiger partial charge in [0.05, 0.1) is 0 Å². The zero-order valence-corrected chi connectivity index (χ0v) is 46.7. The maximum Gasteiger partial charge on any atom is 0.306 e. The van der Waals surface area contributed by atoms with Crippen LogP contribution in [0.25, 0.3) is 0 Å². The molecule has 0 aliphatic carbocycles. The Morgan fingerprint density at radius 3 is 0.859 bits per heavy atom. The van der Waals surface area contributed by atoms with Gasteiger partial charge in [0.25, 0.3) is 0 Å². The lowest BCUT2D eigenvalue weighted by molar-refractivity contribution is -0.167. The zero-order valence-electron chi connectivity index (χ0n) is 46.7. The summed E-state index contributed by atoms with van der Waals surface area (Å²) in [7, 11) is 0. The van der Waals surface area contributed by atoms with Gasteiger partial charge in [0, 0.05) is 19.3 Å². The first-order valence-corrected chi connectivity index (χ1v) is 30.1. The third kappa shape index (κ3) is 57.4. The van der Waals surface area contributed by atoms with Crippen LogP contribution < -0.4 is 0 Å². The number of rotatable bonds is 54. The topological polar surface area (TPSA) is 78.9 Å². The molecule has 0 fully saturated rings. The van der Waals surface area contributed by atoms with E-state index in [1.54, 1.807) is 0 Å². The van der Waals surface area contributed by atoms with Crippen molar-refractivity contribution in [3.63, 3.8) is 0 Å². The molecule has 0 saturated carbocycles. The minimum Gasteiger partial charge on any atom is -0.462 e. The van der Waals surface area contributed by atoms with Crippen molar-refractivity contribution in [1.29, 1.82) is 0 Å². The monoisotopic (exact) mass is 989 g/mol. The van der Waals surface area contributed by atoms with Crippen LogP contribution in [0.5, 0.6) is 0 Å². The first-order valence-electron chi connectivity index (χ1n) is 30.1. The lowest BCUT2D eigenvalue weighted by Gasteiger charge is -2.18. The third-order valence-electron chi connectivity index (χ3n) is 12.9. The molecule has 0 spiro atoms. The van der Waals surface area contributed by atoms with Crippen LogP contribution in [0.2, 0.25) is 0 Å². The van der Waals surface area contributed by atoms with Gasteiger partial charge in [-0.15, -0.1) is 0 Å². The second-order valence-corrected chi connectivity index (χ2v) is 19.9. The van der Waals surface area contributed by atoms with Gasteiger partial charge in [0.2, 0.25) is 0 Å². The van der Waals surface area contributed by atoms with E-state index in [1.165, 1.54) is 141 Å². The Balaban J connectivity index is 4.19. The highest BCUT2D eigenvalue weighted by molar-refractivity contribution is 5.71. The van der Waals surface area contributed by atoms with Gasteiger partial charge in [-0.2, -0.15) is 0 Å². The van der Waals surface area contributed by atoms with Gasteiger partial charge < -0.3 is 14.2 Å². The van der Waals surface area contributed by atoms with E-state index in [9.17, 15) is 14.4 Å². The number of hydrogen-bond acceptors (Lipinski definition) is 6. The average Bonchev–Trinajstić information content (AvgIpc) is 3.37. The Morgan fingerprint density at radius 2 is 0.549 bits per heavy atom.